The van der Waals surface area contributed by atoms with Crippen LogP contribution in [0.5, 0.6) is 0 Å². The largest absolute Gasteiger partial charge is 0.378 e. The van der Waals surface area contributed by atoms with E-state index in [0.717, 1.165) is 31.9 Å². The van der Waals surface area contributed by atoms with Gasteiger partial charge in [0.2, 0.25) is 5.95 Å². The highest BCUT2D eigenvalue weighted by Gasteiger charge is 2.19. The van der Waals surface area contributed by atoms with Crippen LogP contribution in [0.15, 0.2) is 42.7 Å². The van der Waals surface area contributed by atoms with Gasteiger partial charge in [0, 0.05) is 57.0 Å². The number of nitrogens with zero attached hydrogens (tertiary/aromatic N) is 4. The molecule has 1 N–H and O–H groups in total. The summed E-state index contributed by atoms with van der Waals surface area (Å²) >= 11 is 0. The van der Waals surface area contributed by atoms with Gasteiger partial charge in [-0.2, -0.15) is 0 Å². The van der Waals surface area contributed by atoms with Crippen LogP contribution in [-0.4, -0.2) is 43.2 Å². The minimum Gasteiger partial charge on any atom is -0.378 e. The second kappa shape index (κ2) is 6.64. The van der Waals surface area contributed by atoms with Gasteiger partial charge in [-0.25, -0.2) is 9.97 Å². The molecule has 116 valence electrons. The van der Waals surface area contributed by atoms with E-state index in [-0.39, 0.29) is 0 Å². The molecule has 0 saturated carbocycles. The summed E-state index contributed by atoms with van der Waals surface area (Å²) in [5.74, 6) is 0.733. The first kappa shape index (κ1) is 14.6. The summed E-state index contributed by atoms with van der Waals surface area (Å²) in [7, 11) is 4.13. The lowest BCUT2D eigenvalue weighted by Crippen LogP contribution is -2.39. The number of aromatic nitrogens is 2. The molecule has 5 heteroatoms. The van der Waals surface area contributed by atoms with Crippen molar-refractivity contribution in [1.29, 1.82) is 0 Å². The molecule has 5 nitrogen and oxygen atoms in total. The van der Waals surface area contributed by atoms with E-state index >= 15 is 0 Å². The van der Waals surface area contributed by atoms with Crippen LogP contribution in [0.3, 0.4) is 0 Å². The van der Waals surface area contributed by atoms with Gasteiger partial charge in [0.15, 0.2) is 0 Å². The van der Waals surface area contributed by atoms with Gasteiger partial charge in [-0.15, -0.1) is 0 Å². The van der Waals surface area contributed by atoms with Crippen molar-refractivity contribution in [1.82, 2.24) is 9.97 Å². The van der Waals surface area contributed by atoms with Crippen molar-refractivity contribution in [3.63, 3.8) is 0 Å². The number of hydrogen-bond donors (Lipinski definition) is 1. The Morgan fingerprint density at radius 2 is 1.68 bits per heavy atom. The first-order chi connectivity index (χ1) is 10.7. The SMILES string of the molecule is CN(C)c1ccc(N2CCC(Nc3ncccn3)CC2)cc1. The predicted molar refractivity (Wildman–Crippen MR) is 91.7 cm³/mol. The quantitative estimate of drug-likeness (QED) is 0.940. The van der Waals surface area contributed by atoms with Crippen LogP contribution in [-0.2, 0) is 0 Å². The standard InChI is InChI=1S/C17H23N5/c1-21(2)15-4-6-16(7-5-15)22-12-8-14(9-13-22)20-17-18-10-3-11-19-17/h3-7,10-11,14H,8-9,12-13H2,1-2H3,(H,18,19,20). The van der Waals surface area contributed by atoms with E-state index in [1.807, 2.05) is 6.07 Å². The van der Waals surface area contributed by atoms with E-state index in [9.17, 15) is 0 Å². The highest BCUT2D eigenvalue weighted by atomic mass is 15.2. The maximum atomic E-state index is 4.24. The third kappa shape index (κ3) is 3.47. The van der Waals surface area contributed by atoms with Crippen LogP contribution in [0.2, 0.25) is 0 Å². The van der Waals surface area contributed by atoms with Crippen LogP contribution in [0.4, 0.5) is 17.3 Å². The fourth-order valence-electron chi connectivity index (χ4n) is 2.80. The molecule has 1 fully saturated rings. The van der Waals surface area contributed by atoms with Crippen LogP contribution in [0.25, 0.3) is 0 Å². The number of benzene rings is 1. The van der Waals surface area contributed by atoms with E-state index < -0.39 is 0 Å². The maximum Gasteiger partial charge on any atom is 0.222 e. The first-order valence-corrected chi connectivity index (χ1v) is 7.78. The predicted octanol–water partition coefficient (Wildman–Crippen LogP) is 2.62. The highest BCUT2D eigenvalue weighted by Crippen LogP contribution is 2.23. The molecule has 0 amide bonds. The van der Waals surface area contributed by atoms with Crippen LogP contribution in [0.1, 0.15) is 12.8 Å². The van der Waals surface area contributed by atoms with Gasteiger partial charge in [0.05, 0.1) is 0 Å². The van der Waals surface area contributed by atoms with Crippen molar-refractivity contribution < 1.29 is 0 Å². The molecule has 0 spiro atoms. The van der Waals surface area contributed by atoms with Gasteiger partial charge in [0.25, 0.3) is 0 Å². The van der Waals surface area contributed by atoms with Crippen molar-refractivity contribution in [2.45, 2.75) is 18.9 Å². The second-order valence-corrected chi connectivity index (χ2v) is 5.89. The minimum atomic E-state index is 0.458. The molecule has 0 bridgehead atoms. The Kier molecular flexibility index (Phi) is 4.42. The van der Waals surface area contributed by atoms with E-state index in [4.69, 9.17) is 0 Å². The van der Waals surface area contributed by atoms with E-state index in [1.54, 1.807) is 12.4 Å². The molecule has 1 aromatic carbocycles. The molecule has 0 aliphatic carbocycles. The van der Waals surface area contributed by atoms with E-state index in [2.05, 4.69) is 63.4 Å². The molecule has 0 unspecified atom stereocenters. The average Bonchev–Trinajstić information content (AvgIpc) is 2.57. The van der Waals surface area contributed by atoms with Gasteiger partial charge in [0.1, 0.15) is 0 Å². The van der Waals surface area contributed by atoms with Crippen LogP contribution >= 0.6 is 0 Å². The number of hydrogen-bond acceptors (Lipinski definition) is 5. The Labute approximate surface area is 132 Å². The third-order valence-corrected chi connectivity index (χ3v) is 4.13. The third-order valence-electron chi connectivity index (χ3n) is 4.13. The maximum absolute atomic E-state index is 4.24. The molecular formula is C17H23N5. The lowest BCUT2D eigenvalue weighted by molar-refractivity contribution is 0.524. The van der Waals surface area contributed by atoms with Gasteiger partial charge in [-0.3, -0.25) is 0 Å². The summed E-state index contributed by atoms with van der Waals surface area (Å²) in [6.07, 6.45) is 5.76. The molecule has 0 atom stereocenters. The fraction of sp³-hybridized carbons (Fsp3) is 0.412. The molecule has 1 aliphatic rings. The Morgan fingerprint density at radius 1 is 1.05 bits per heavy atom. The number of anilines is 3. The summed E-state index contributed by atoms with van der Waals surface area (Å²) in [5, 5.41) is 3.42. The van der Waals surface area contributed by atoms with Gasteiger partial charge >= 0.3 is 0 Å². The molecule has 2 aromatic rings. The summed E-state index contributed by atoms with van der Waals surface area (Å²) < 4.78 is 0. The van der Waals surface area contributed by atoms with Gasteiger partial charge in [-0.05, 0) is 43.2 Å². The molecule has 22 heavy (non-hydrogen) atoms. The van der Waals surface area contributed by atoms with Crippen molar-refractivity contribution >= 4 is 17.3 Å². The zero-order valence-electron chi connectivity index (χ0n) is 13.2. The molecule has 3 rings (SSSR count). The van der Waals surface area contributed by atoms with Crippen molar-refractivity contribution in [3.8, 4) is 0 Å². The summed E-state index contributed by atoms with van der Waals surface area (Å²) in [5.41, 5.74) is 2.54. The zero-order chi connectivity index (χ0) is 15.4. The average molecular weight is 297 g/mol. The number of piperidine rings is 1. The molecule has 1 saturated heterocycles. The molecule has 1 aromatic heterocycles. The zero-order valence-corrected chi connectivity index (χ0v) is 13.2. The Balaban J connectivity index is 1.55. The van der Waals surface area contributed by atoms with Crippen molar-refractivity contribution in [2.24, 2.45) is 0 Å². The monoisotopic (exact) mass is 297 g/mol. The lowest BCUT2D eigenvalue weighted by Gasteiger charge is -2.34. The summed E-state index contributed by atoms with van der Waals surface area (Å²) in [4.78, 5) is 13.0. The van der Waals surface area contributed by atoms with Crippen LogP contribution < -0.4 is 15.1 Å². The van der Waals surface area contributed by atoms with Crippen molar-refractivity contribution in [2.75, 3.05) is 42.3 Å². The fourth-order valence-corrected chi connectivity index (χ4v) is 2.80. The smallest absolute Gasteiger partial charge is 0.222 e. The number of rotatable bonds is 4. The van der Waals surface area contributed by atoms with Crippen LogP contribution in [0, 0.1) is 0 Å². The normalized spacial score (nSPS) is 15.6. The van der Waals surface area contributed by atoms with E-state index in [1.165, 1.54) is 11.4 Å². The summed E-state index contributed by atoms with van der Waals surface area (Å²) in [6.45, 7) is 2.12. The van der Waals surface area contributed by atoms with Gasteiger partial charge in [-0.1, -0.05) is 0 Å². The Bertz CT molecular complexity index is 574. The molecule has 1 aliphatic heterocycles. The number of nitrogens with one attached hydrogen (secondary N) is 1. The molecular weight excluding hydrogens is 274 g/mol. The lowest BCUT2D eigenvalue weighted by atomic mass is 10.0. The van der Waals surface area contributed by atoms with E-state index in [0.29, 0.717) is 6.04 Å². The van der Waals surface area contributed by atoms with Crippen molar-refractivity contribution in [3.05, 3.63) is 42.7 Å². The topological polar surface area (TPSA) is 44.3 Å². The minimum absolute atomic E-state index is 0.458. The highest BCUT2D eigenvalue weighted by molar-refractivity contribution is 5.56. The molecule has 2 heterocycles. The summed E-state index contributed by atoms with van der Waals surface area (Å²) in [6, 6.07) is 11.1. The second-order valence-electron chi connectivity index (χ2n) is 5.89. The first-order valence-electron chi connectivity index (χ1n) is 7.78. The Morgan fingerprint density at radius 3 is 2.27 bits per heavy atom. The Hall–Kier alpha value is -2.30. The van der Waals surface area contributed by atoms with Gasteiger partial charge < -0.3 is 15.1 Å². The molecule has 0 radical (unpaired) electrons.